The van der Waals surface area contributed by atoms with Crippen LogP contribution in [0.25, 0.3) is 10.9 Å². The van der Waals surface area contributed by atoms with Gasteiger partial charge in [0.2, 0.25) is 0 Å². The van der Waals surface area contributed by atoms with Gasteiger partial charge in [-0.25, -0.2) is 0 Å². The molecule has 1 N–H and O–H groups in total. The lowest BCUT2D eigenvalue weighted by Gasteiger charge is -2.22. The number of fused-ring (bicyclic) bond motifs is 2. The molecule has 0 radical (unpaired) electrons. The third-order valence-electron chi connectivity index (χ3n) is 3.84. The Morgan fingerprint density at radius 1 is 1.32 bits per heavy atom. The van der Waals surface area contributed by atoms with Gasteiger partial charge in [0.1, 0.15) is 0 Å². The lowest BCUT2D eigenvalue weighted by atomic mass is 9.96. The van der Waals surface area contributed by atoms with Gasteiger partial charge >= 0.3 is 0 Å². The predicted molar refractivity (Wildman–Crippen MR) is 78.7 cm³/mol. The van der Waals surface area contributed by atoms with Crippen molar-refractivity contribution in [3.8, 4) is 0 Å². The van der Waals surface area contributed by atoms with E-state index in [0.29, 0.717) is 12.5 Å². The van der Waals surface area contributed by atoms with Crippen molar-refractivity contribution in [2.45, 2.75) is 32.8 Å². The second-order valence-electron chi connectivity index (χ2n) is 5.36. The molecule has 2 aromatic rings. The highest BCUT2D eigenvalue weighted by Gasteiger charge is 2.19. The normalized spacial score (nSPS) is 14.7. The van der Waals surface area contributed by atoms with E-state index in [1.54, 1.807) is 0 Å². The standard InChI is InChI=1S/C16H20N2O/c1-10(2)11-5-4-6-12-15(17-3)13-9-19-8-7-14(13)18-16(11)12/h4-6,10H,7-9H2,1-3H3,(H,17,18). The van der Waals surface area contributed by atoms with E-state index in [1.807, 2.05) is 7.05 Å². The zero-order valence-corrected chi connectivity index (χ0v) is 11.8. The van der Waals surface area contributed by atoms with E-state index in [2.05, 4.69) is 37.4 Å². The zero-order valence-electron chi connectivity index (χ0n) is 11.8. The number of ether oxygens (including phenoxy) is 1. The number of hydrogen-bond acceptors (Lipinski definition) is 3. The third kappa shape index (κ3) is 1.98. The Morgan fingerprint density at radius 3 is 2.89 bits per heavy atom. The Kier molecular flexibility index (Phi) is 3.15. The molecular weight excluding hydrogens is 236 g/mol. The summed E-state index contributed by atoms with van der Waals surface area (Å²) in [7, 11) is 1.98. The molecule has 2 heterocycles. The summed E-state index contributed by atoms with van der Waals surface area (Å²) in [6.45, 7) is 5.88. The molecule has 1 aromatic heterocycles. The topological polar surface area (TPSA) is 34.2 Å². The number of pyridine rings is 1. The van der Waals surface area contributed by atoms with Crippen molar-refractivity contribution < 1.29 is 4.74 Å². The molecule has 0 bridgehead atoms. The van der Waals surface area contributed by atoms with Gasteiger partial charge < -0.3 is 10.1 Å². The molecule has 0 fully saturated rings. The summed E-state index contributed by atoms with van der Waals surface area (Å²) in [6, 6.07) is 6.45. The highest BCUT2D eigenvalue weighted by atomic mass is 16.5. The van der Waals surface area contributed by atoms with Crippen LogP contribution in [0.4, 0.5) is 5.69 Å². The van der Waals surface area contributed by atoms with Gasteiger partial charge in [0.25, 0.3) is 0 Å². The van der Waals surface area contributed by atoms with Crippen molar-refractivity contribution in [3.63, 3.8) is 0 Å². The van der Waals surface area contributed by atoms with Crippen LogP contribution in [-0.2, 0) is 17.8 Å². The summed E-state index contributed by atoms with van der Waals surface area (Å²) >= 11 is 0. The van der Waals surface area contributed by atoms with E-state index in [9.17, 15) is 0 Å². The molecule has 3 rings (SSSR count). The first-order valence-electron chi connectivity index (χ1n) is 6.92. The number of hydrogen-bond donors (Lipinski definition) is 1. The molecule has 0 amide bonds. The average molecular weight is 256 g/mol. The quantitative estimate of drug-likeness (QED) is 0.893. The van der Waals surface area contributed by atoms with E-state index >= 15 is 0 Å². The molecular formula is C16H20N2O. The fraction of sp³-hybridized carbons (Fsp3) is 0.438. The number of rotatable bonds is 2. The number of nitrogens with zero attached hydrogens (tertiary/aromatic N) is 1. The molecule has 0 saturated heterocycles. The third-order valence-corrected chi connectivity index (χ3v) is 3.84. The monoisotopic (exact) mass is 256 g/mol. The summed E-state index contributed by atoms with van der Waals surface area (Å²) in [4.78, 5) is 4.93. The second kappa shape index (κ2) is 4.82. The van der Waals surface area contributed by atoms with Gasteiger partial charge in [-0.15, -0.1) is 0 Å². The molecule has 3 nitrogen and oxygen atoms in total. The molecule has 0 aliphatic carbocycles. The minimum Gasteiger partial charge on any atom is -0.387 e. The number of aromatic nitrogens is 1. The Labute approximate surface area is 114 Å². The minimum atomic E-state index is 0.485. The predicted octanol–water partition coefficient (Wildman–Crippen LogP) is 3.47. The first-order chi connectivity index (χ1) is 9.22. The van der Waals surface area contributed by atoms with Crippen LogP contribution in [0, 0.1) is 0 Å². The van der Waals surface area contributed by atoms with Gasteiger partial charge in [0, 0.05) is 24.4 Å². The maximum atomic E-state index is 5.59. The summed E-state index contributed by atoms with van der Waals surface area (Å²) < 4.78 is 5.59. The lowest BCUT2D eigenvalue weighted by molar-refractivity contribution is 0.110. The molecule has 3 heteroatoms. The van der Waals surface area contributed by atoms with Crippen LogP contribution in [0.2, 0.25) is 0 Å². The van der Waals surface area contributed by atoms with E-state index < -0.39 is 0 Å². The van der Waals surface area contributed by atoms with Gasteiger partial charge in [-0.05, 0) is 11.5 Å². The second-order valence-corrected chi connectivity index (χ2v) is 5.36. The maximum Gasteiger partial charge on any atom is 0.0760 e. The van der Waals surface area contributed by atoms with Crippen LogP contribution in [0.5, 0.6) is 0 Å². The van der Waals surface area contributed by atoms with Crippen LogP contribution in [0.3, 0.4) is 0 Å². The summed E-state index contributed by atoms with van der Waals surface area (Å²) in [5.74, 6) is 0.485. The van der Waals surface area contributed by atoms with Crippen LogP contribution >= 0.6 is 0 Å². The van der Waals surface area contributed by atoms with Crippen molar-refractivity contribution in [2.75, 3.05) is 19.0 Å². The SMILES string of the molecule is CNc1c2c(nc3c(C(C)C)cccc13)CCOC2. The van der Waals surface area contributed by atoms with Crippen molar-refractivity contribution in [3.05, 3.63) is 35.0 Å². The van der Waals surface area contributed by atoms with Crippen LogP contribution < -0.4 is 5.32 Å². The van der Waals surface area contributed by atoms with Gasteiger partial charge in [0.15, 0.2) is 0 Å². The summed E-state index contributed by atoms with van der Waals surface area (Å²) in [6.07, 6.45) is 0.909. The largest absolute Gasteiger partial charge is 0.387 e. The van der Waals surface area contributed by atoms with Crippen LogP contribution in [0.1, 0.15) is 36.6 Å². The van der Waals surface area contributed by atoms with Gasteiger partial charge in [0.05, 0.1) is 30.1 Å². The van der Waals surface area contributed by atoms with Gasteiger partial charge in [-0.3, -0.25) is 4.98 Å². The number of anilines is 1. The Hall–Kier alpha value is -1.61. The fourth-order valence-corrected chi connectivity index (χ4v) is 2.85. The summed E-state index contributed by atoms with van der Waals surface area (Å²) in [5, 5.41) is 4.55. The van der Waals surface area contributed by atoms with Crippen LogP contribution in [0.15, 0.2) is 18.2 Å². The van der Waals surface area contributed by atoms with Gasteiger partial charge in [-0.2, -0.15) is 0 Å². The Bertz CT molecular complexity index is 620. The van der Waals surface area contributed by atoms with Crippen LogP contribution in [-0.4, -0.2) is 18.6 Å². The maximum absolute atomic E-state index is 5.59. The molecule has 0 unspecified atom stereocenters. The van der Waals surface area contributed by atoms with Crippen molar-refractivity contribution >= 4 is 16.6 Å². The molecule has 1 aromatic carbocycles. The molecule has 19 heavy (non-hydrogen) atoms. The van der Waals surface area contributed by atoms with Gasteiger partial charge in [-0.1, -0.05) is 32.0 Å². The molecule has 0 spiro atoms. The molecule has 0 atom stereocenters. The fourth-order valence-electron chi connectivity index (χ4n) is 2.85. The smallest absolute Gasteiger partial charge is 0.0760 e. The molecule has 100 valence electrons. The van der Waals surface area contributed by atoms with Crippen molar-refractivity contribution in [2.24, 2.45) is 0 Å². The Morgan fingerprint density at radius 2 is 2.16 bits per heavy atom. The average Bonchev–Trinajstić information content (AvgIpc) is 2.43. The van der Waals surface area contributed by atoms with E-state index in [0.717, 1.165) is 18.5 Å². The number of nitrogens with one attached hydrogen (secondary N) is 1. The zero-order chi connectivity index (χ0) is 13.4. The number of benzene rings is 1. The highest BCUT2D eigenvalue weighted by molar-refractivity contribution is 5.95. The highest BCUT2D eigenvalue weighted by Crippen LogP contribution is 2.34. The van der Waals surface area contributed by atoms with Crippen molar-refractivity contribution in [1.82, 2.24) is 4.98 Å². The van der Waals surface area contributed by atoms with E-state index in [-0.39, 0.29) is 0 Å². The van der Waals surface area contributed by atoms with Crippen molar-refractivity contribution in [1.29, 1.82) is 0 Å². The van der Waals surface area contributed by atoms with E-state index in [1.165, 1.54) is 27.9 Å². The number of para-hydroxylation sites is 1. The first-order valence-corrected chi connectivity index (χ1v) is 6.92. The molecule has 0 saturated carbocycles. The Balaban J connectivity index is 2.36. The molecule has 1 aliphatic heterocycles. The summed E-state index contributed by atoms with van der Waals surface area (Å²) in [5.41, 5.74) is 6.06. The minimum absolute atomic E-state index is 0.485. The first kappa shape index (κ1) is 12.4. The molecule has 1 aliphatic rings. The van der Waals surface area contributed by atoms with E-state index in [4.69, 9.17) is 9.72 Å². The lowest BCUT2D eigenvalue weighted by Crippen LogP contribution is -2.15.